The Hall–Kier alpha value is -1.60. The number of benzene rings is 2. The highest BCUT2D eigenvalue weighted by molar-refractivity contribution is 14.1. The molecule has 6 heteroatoms. The van der Waals surface area contributed by atoms with E-state index >= 15 is 0 Å². The smallest absolute Gasteiger partial charge is 0.256 e. The van der Waals surface area contributed by atoms with E-state index in [0.29, 0.717) is 22.7 Å². The number of nitrogens with one attached hydrogen (secondary N) is 1. The van der Waals surface area contributed by atoms with Gasteiger partial charge in [-0.25, -0.2) is 0 Å². The highest BCUT2D eigenvalue weighted by Gasteiger charge is 2.23. The Bertz CT molecular complexity index is 823. The molecule has 24 heavy (non-hydrogen) atoms. The maximum absolute atomic E-state index is 12.5. The number of amides is 2. The molecule has 0 unspecified atom stereocenters. The molecule has 3 rings (SSSR count). The first-order valence-corrected chi connectivity index (χ1v) is 9.09. The predicted octanol–water partition coefficient (Wildman–Crippen LogP) is 4.63. The van der Waals surface area contributed by atoms with Crippen molar-refractivity contribution in [1.29, 1.82) is 0 Å². The van der Waals surface area contributed by atoms with Crippen molar-refractivity contribution < 1.29 is 9.59 Å². The Morgan fingerprint density at radius 1 is 1.25 bits per heavy atom. The third-order valence-corrected chi connectivity index (χ3v) is 5.17. The molecule has 0 bridgehead atoms. The number of carbonyl (C=O) groups is 2. The van der Waals surface area contributed by atoms with Crippen LogP contribution in [0.1, 0.15) is 28.8 Å². The van der Waals surface area contributed by atoms with Crippen molar-refractivity contribution in [2.75, 3.05) is 16.8 Å². The molecule has 0 aromatic heterocycles. The van der Waals surface area contributed by atoms with Gasteiger partial charge < -0.3 is 10.2 Å². The minimum atomic E-state index is -0.203. The van der Waals surface area contributed by atoms with Gasteiger partial charge in [0.1, 0.15) is 0 Å². The van der Waals surface area contributed by atoms with E-state index in [2.05, 4.69) is 27.9 Å². The second kappa shape index (κ2) is 7.11. The van der Waals surface area contributed by atoms with Gasteiger partial charge in [-0.05, 0) is 77.9 Å². The summed E-state index contributed by atoms with van der Waals surface area (Å²) in [5, 5.41) is 3.42. The van der Waals surface area contributed by atoms with Crippen LogP contribution >= 0.6 is 34.2 Å². The minimum Gasteiger partial charge on any atom is -0.322 e. The maximum atomic E-state index is 12.5. The number of aryl methyl sites for hydroxylation is 1. The molecule has 0 saturated carbocycles. The molecule has 2 aromatic rings. The van der Waals surface area contributed by atoms with E-state index < -0.39 is 0 Å². The number of hydrogen-bond acceptors (Lipinski definition) is 2. The van der Waals surface area contributed by atoms with Crippen molar-refractivity contribution in [2.45, 2.75) is 19.8 Å². The average molecular weight is 455 g/mol. The molecule has 1 heterocycles. The molecular formula is C18H16ClIN2O2. The van der Waals surface area contributed by atoms with Gasteiger partial charge in [0.15, 0.2) is 0 Å². The highest BCUT2D eigenvalue weighted by Crippen LogP contribution is 2.28. The van der Waals surface area contributed by atoms with E-state index in [0.717, 1.165) is 27.8 Å². The molecule has 1 fully saturated rings. The number of carbonyl (C=O) groups excluding carboxylic acids is 2. The number of nitrogens with zero attached hydrogens (tertiary/aromatic N) is 1. The SMILES string of the molecule is Cc1cc(NC(=O)c2cc(Cl)ccc2I)ccc1N1CCCC1=O. The first-order chi connectivity index (χ1) is 11.5. The summed E-state index contributed by atoms with van der Waals surface area (Å²) < 4.78 is 0.838. The van der Waals surface area contributed by atoms with Gasteiger partial charge in [0.05, 0.1) is 5.56 Å². The molecule has 0 radical (unpaired) electrons. The van der Waals surface area contributed by atoms with Crippen LogP contribution < -0.4 is 10.2 Å². The van der Waals surface area contributed by atoms with E-state index in [1.807, 2.05) is 31.2 Å². The van der Waals surface area contributed by atoms with Crippen LogP contribution in [0.15, 0.2) is 36.4 Å². The largest absolute Gasteiger partial charge is 0.322 e. The first-order valence-electron chi connectivity index (χ1n) is 7.63. The van der Waals surface area contributed by atoms with Gasteiger partial charge >= 0.3 is 0 Å². The molecule has 2 aromatic carbocycles. The van der Waals surface area contributed by atoms with Gasteiger partial charge in [-0.1, -0.05) is 11.6 Å². The van der Waals surface area contributed by atoms with Crippen LogP contribution in [0.4, 0.5) is 11.4 Å². The van der Waals surface area contributed by atoms with E-state index in [-0.39, 0.29) is 11.8 Å². The molecule has 0 atom stereocenters. The van der Waals surface area contributed by atoms with E-state index in [9.17, 15) is 9.59 Å². The maximum Gasteiger partial charge on any atom is 0.256 e. The van der Waals surface area contributed by atoms with E-state index in [1.54, 1.807) is 17.0 Å². The van der Waals surface area contributed by atoms with Crippen LogP contribution in [0, 0.1) is 10.5 Å². The predicted molar refractivity (Wildman–Crippen MR) is 105 cm³/mol. The fourth-order valence-corrected chi connectivity index (χ4v) is 3.56. The molecule has 1 aliphatic heterocycles. The molecule has 0 spiro atoms. The van der Waals surface area contributed by atoms with Gasteiger partial charge in [0, 0.05) is 32.9 Å². The van der Waals surface area contributed by atoms with E-state index in [1.165, 1.54) is 0 Å². The molecule has 4 nitrogen and oxygen atoms in total. The number of halogens is 2. The molecular weight excluding hydrogens is 439 g/mol. The summed E-state index contributed by atoms with van der Waals surface area (Å²) in [7, 11) is 0. The Balaban J connectivity index is 1.81. The third-order valence-electron chi connectivity index (χ3n) is 3.99. The number of anilines is 2. The highest BCUT2D eigenvalue weighted by atomic mass is 127. The van der Waals surface area contributed by atoms with Gasteiger partial charge in [-0.15, -0.1) is 0 Å². The van der Waals surface area contributed by atoms with Crippen LogP contribution in [-0.4, -0.2) is 18.4 Å². The Morgan fingerprint density at radius 3 is 2.71 bits per heavy atom. The lowest BCUT2D eigenvalue weighted by Crippen LogP contribution is -2.24. The lowest BCUT2D eigenvalue weighted by Gasteiger charge is -2.19. The Labute approximate surface area is 159 Å². The fourth-order valence-electron chi connectivity index (χ4n) is 2.81. The third kappa shape index (κ3) is 3.57. The zero-order valence-electron chi connectivity index (χ0n) is 13.1. The van der Waals surface area contributed by atoms with Gasteiger partial charge in [0.25, 0.3) is 5.91 Å². The average Bonchev–Trinajstić information content (AvgIpc) is 2.96. The number of hydrogen-bond donors (Lipinski definition) is 1. The summed E-state index contributed by atoms with van der Waals surface area (Å²) in [6.07, 6.45) is 1.50. The molecule has 1 saturated heterocycles. The minimum absolute atomic E-state index is 0.156. The second-order valence-corrected chi connectivity index (χ2v) is 7.33. The van der Waals surface area contributed by atoms with Crippen LogP contribution in [0.5, 0.6) is 0 Å². The second-order valence-electron chi connectivity index (χ2n) is 5.73. The van der Waals surface area contributed by atoms with Crippen LogP contribution in [0.2, 0.25) is 5.02 Å². The van der Waals surface area contributed by atoms with Crippen LogP contribution in [0.25, 0.3) is 0 Å². The lowest BCUT2D eigenvalue weighted by molar-refractivity contribution is -0.117. The normalized spacial score (nSPS) is 14.1. The Morgan fingerprint density at radius 2 is 2.04 bits per heavy atom. The van der Waals surface area contributed by atoms with Crippen molar-refractivity contribution in [1.82, 2.24) is 0 Å². The summed E-state index contributed by atoms with van der Waals surface area (Å²) in [4.78, 5) is 26.1. The quantitative estimate of drug-likeness (QED) is 0.688. The first kappa shape index (κ1) is 17.2. The van der Waals surface area contributed by atoms with Crippen molar-refractivity contribution in [3.8, 4) is 0 Å². The standard InChI is InChI=1S/C18H16ClIN2O2/c1-11-9-13(5-7-16(11)22-8-2-3-17(22)23)21-18(24)14-10-12(19)4-6-15(14)20/h4-7,9-10H,2-3,8H2,1H3,(H,21,24). The van der Waals surface area contributed by atoms with Crippen LogP contribution in [-0.2, 0) is 4.79 Å². The van der Waals surface area contributed by atoms with E-state index in [4.69, 9.17) is 11.6 Å². The summed E-state index contributed by atoms with van der Waals surface area (Å²) in [6.45, 7) is 2.70. The zero-order chi connectivity index (χ0) is 17.3. The van der Waals surface area contributed by atoms with Gasteiger partial charge in [-0.2, -0.15) is 0 Å². The van der Waals surface area contributed by atoms with Crippen LogP contribution in [0.3, 0.4) is 0 Å². The molecule has 124 valence electrons. The van der Waals surface area contributed by atoms with Gasteiger partial charge in [-0.3, -0.25) is 9.59 Å². The molecule has 2 amide bonds. The summed E-state index contributed by atoms with van der Waals surface area (Å²) in [5.41, 5.74) is 3.11. The van der Waals surface area contributed by atoms with Crippen molar-refractivity contribution in [2.24, 2.45) is 0 Å². The summed E-state index contributed by atoms with van der Waals surface area (Å²) in [5.74, 6) is -0.0466. The number of rotatable bonds is 3. The molecule has 1 N–H and O–H groups in total. The Kier molecular flexibility index (Phi) is 5.10. The monoisotopic (exact) mass is 454 g/mol. The van der Waals surface area contributed by atoms with Gasteiger partial charge in [0.2, 0.25) is 5.91 Å². The van der Waals surface area contributed by atoms with Crippen molar-refractivity contribution in [3.05, 3.63) is 56.1 Å². The molecule has 0 aliphatic carbocycles. The summed E-state index contributed by atoms with van der Waals surface area (Å²) in [6, 6.07) is 10.8. The lowest BCUT2D eigenvalue weighted by atomic mass is 10.1. The molecule has 1 aliphatic rings. The topological polar surface area (TPSA) is 49.4 Å². The zero-order valence-corrected chi connectivity index (χ0v) is 16.0. The fraction of sp³-hybridized carbons (Fsp3) is 0.222. The van der Waals surface area contributed by atoms with Crippen molar-refractivity contribution >= 4 is 57.4 Å². The summed E-state index contributed by atoms with van der Waals surface area (Å²) >= 11 is 8.09. The van der Waals surface area contributed by atoms with Crippen molar-refractivity contribution in [3.63, 3.8) is 0 Å².